The van der Waals surface area contributed by atoms with Gasteiger partial charge in [0.2, 0.25) is 5.79 Å². The van der Waals surface area contributed by atoms with E-state index in [9.17, 15) is 5.11 Å². The maximum atomic E-state index is 12.5. The molecule has 1 saturated carbocycles. The minimum atomic E-state index is -2.10. The van der Waals surface area contributed by atoms with Crippen molar-refractivity contribution in [3.8, 4) is 5.75 Å². The number of fused-ring (bicyclic) bond motifs is 1. The maximum absolute atomic E-state index is 12.5. The molecular formula is C32H47ClO6Si2. The summed E-state index contributed by atoms with van der Waals surface area (Å²) >= 11 is 6.72. The fourth-order valence-electron chi connectivity index (χ4n) is 6.11. The monoisotopic (exact) mass is 618 g/mol. The minimum absolute atomic E-state index is 0.0706. The van der Waals surface area contributed by atoms with E-state index in [1.54, 1.807) is 0 Å². The molecule has 6 nitrogen and oxygen atoms in total. The van der Waals surface area contributed by atoms with Crippen LogP contribution < -0.4 is 4.74 Å². The van der Waals surface area contributed by atoms with Gasteiger partial charge in [0.05, 0.1) is 18.3 Å². The van der Waals surface area contributed by atoms with Crippen LogP contribution in [0.5, 0.6) is 5.75 Å². The molecule has 2 heterocycles. The molecule has 0 spiro atoms. The molecule has 0 bridgehead atoms. The Labute approximate surface area is 252 Å². The lowest BCUT2D eigenvalue weighted by molar-refractivity contribution is -0.339. The zero-order chi connectivity index (χ0) is 29.7. The molecule has 2 aliphatic heterocycles. The van der Waals surface area contributed by atoms with Crippen molar-refractivity contribution in [2.24, 2.45) is 11.8 Å². The van der Waals surface area contributed by atoms with Gasteiger partial charge in [-0.2, -0.15) is 0 Å². The van der Waals surface area contributed by atoms with Gasteiger partial charge in [-0.25, -0.2) is 0 Å². The highest BCUT2D eigenvalue weighted by atomic mass is 35.5. The molecular weight excluding hydrogens is 572 g/mol. The summed E-state index contributed by atoms with van der Waals surface area (Å²) in [6, 6.07) is 13.8. The lowest BCUT2D eigenvalue weighted by atomic mass is 9.82. The van der Waals surface area contributed by atoms with Gasteiger partial charge in [-0.3, -0.25) is 0 Å². The van der Waals surface area contributed by atoms with E-state index in [4.69, 9.17) is 34.7 Å². The molecule has 0 radical (unpaired) electrons. The van der Waals surface area contributed by atoms with Crippen LogP contribution in [-0.2, 0) is 30.5 Å². The Morgan fingerprint density at radius 2 is 1.66 bits per heavy atom. The van der Waals surface area contributed by atoms with Crippen molar-refractivity contribution in [3.05, 3.63) is 64.2 Å². The zero-order valence-corrected chi connectivity index (χ0v) is 28.5. The molecule has 226 valence electrons. The summed E-state index contributed by atoms with van der Waals surface area (Å²) in [5.41, 5.74) is 2.65. The smallest absolute Gasteiger partial charge is 0.221 e. The molecule has 2 aromatic carbocycles. The van der Waals surface area contributed by atoms with Gasteiger partial charge in [0.15, 0.2) is 22.9 Å². The third kappa shape index (κ3) is 7.29. The van der Waals surface area contributed by atoms with Crippen LogP contribution in [0.2, 0.25) is 44.3 Å². The molecule has 3 aliphatic rings. The average molecular weight is 619 g/mol. The Morgan fingerprint density at radius 1 is 0.976 bits per heavy atom. The number of aliphatic hydroxyl groups is 1. The highest BCUT2D eigenvalue weighted by molar-refractivity contribution is 6.70. The van der Waals surface area contributed by atoms with Crippen LogP contribution in [0.3, 0.4) is 0 Å². The van der Waals surface area contributed by atoms with Gasteiger partial charge < -0.3 is 28.2 Å². The predicted octanol–water partition coefficient (Wildman–Crippen LogP) is 7.47. The van der Waals surface area contributed by atoms with Crippen LogP contribution in [0.25, 0.3) is 0 Å². The molecule has 5 rings (SSSR count). The average Bonchev–Trinajstić information content (AvgIpc) is 3.50. The van der Waals surface area contributed by atoms with Gasteiger partial charge in [-0.05, 0) is 99.9 Å². The fraction of sp³-hybridized carbons (Fsp3) is 0.625. The molecule has 0 amide bonds. The summed E-state index contributed by atoms with van der Waals surface area (Å²) in [6.07, 6.45) is 2.65. The first-order valence-electron chi connectivity index (χ1n) is 15.1. The molecule has 1 N–H and O–H groups in total. The quantitative estimate of drug-likeness (QED) is 0.279. The molecule has 41 heavy (non-hydrogen) atoms. The van der Waals surface area contributed by atoms with E-state index in [1.165, 1.54) is 6.42 Å². The first kappa shape index (κ1) is 31.2. The Morgan fingerprint density at radius 3 is 2.24 bits per heavy atom. The Hall–Kier alpha value is -1.24. The van der Waals surface area contributed by atoms with Gasteiger partial charge in [0.1, 0.15) is 11.9 Å². The SMILES string of the molecule is CC[C@H]1OC(O)(c2ccc(Cl)c(Cc3ccc(O[C@H]4C[C@@H]5C[C@@H]5O4)cc3)c2)[C@H](O[Si](C)(C)C)[C@@H](O[Si](C)(C)C)[C@@H]1C. The maximum Gasteiger partial charge on any atom is 0.221 e. The van der Waals surface area contributed by atoms with E-state index < -0.39 is 28.5 Å². The van der Waals surface area contributed by atoms with Crippen molar-refractivity contribution in [1.82, 2.24) is 0 Å². The van der Waals surface area contributed by atoms with Gasteiger partial charge in [0.25, 0.3) is 0 Å². The van der Waals surface area contributed by atoms with Crippen molar-refractivity contribution >= 4 is 28.2 Å². The lowest BCUT2D eigenvalue weighted by Gasteiger charge is -2.53. The molecule has 9 heteroatoms. The number of hydrogen-bond donors (Lipinski definition) is 1. The molecule has 2 aromatic rings. The summed E-state index contributed by atoms with van der Waals surface area (Å²) in [4.78, 5) is 0. The second-order valence-electron chi connectivity index (χ2n) is 14.0. The molecule has 0 aromatic heterocycles. The standard InChI is InChI=1S/C32H47ClO6Si2/c1-9-27-20(2)30(38-40(3,4)5)31(39-41(6,7)8)32(34,37-27)24-12-15-26(33)22(17-24)16-21-10-13-25(14-11-21)35-29-19-23-18-28(23)36-29/h10-15,17,20,23,27-31,34H,9,16,18-19H2,1-8H3/t20-,23+,27-,28+,29-,30+,31-,32?/m1/s1. The Kier molecular flexibility index (Phi) is 8.90. The fourth-order valence-corrected chi connectivity index (χ4v) is 8.50. The summed E-state index contributed by atoms with van der Waals surface area (Å²) < 4.78 is 32.0. The van der Waals surface area contributed by atoms with Gasteiger partial charge in [-0.15, -0.1) is 0 Å². The van der Waals surface area contributed by atoms with Crippen molar-refractivity contribution < 1.29 is 28.2 Å². The van der Waals surface area contributed by atoms with Gasteiger partial charge >= 0.3 is 0 Å². The zero-order valence-electron chi connectivity index (χ0n) is 25.8. The van der Waals surface area contributed by atoms with E-state index in [-0.39, 0.29) is 24.4 Å². The van der Waals surface area contributed by atoms with E-state index in [0.717, 1.165) is 29.7 Å². The number of hydrogen-bond acceptors (Lipinski definition) is 6. The van der Waals surface area contributed by atoms with E-state index in [1.807, 2.05) is 30.3 Å². The molecule has 1 aliphatic carbocycles. The summed E-state index contributed by atoms with van der Waals surface area (Å²) in [7, 11) is -4.07. The van der Waals surface area contributed by atoms with Crippen LogP contribution in [-0.4, -0.2) is 52.4 Å². The van der Waals surface area contributed by atoms with Gasteiger partial charge in [0, 0.05) is 22.9 Å². The number of ether oxygens (including phenoxy) is 3. The Balaban J connectivity index is 1.41. The first-order valence-corrected chi connectivity index (χ1v) is 22.3. The van der Waals surface area contributed by atoms with E-state index in [0.29, 0.717) is 29.0 Å². The van der Waals surface area contributed by atoms with E-state index in [2.05, 4.69) is 65.3 Å². The topological polar surface area (TPSA) is 66.4 Å². The summed E-state index contributed by atoms with van der Waals surface area (Å²) in [6.45, 7) is 17.2. The molecule has 2 saturated heterocycles. The lowest BCUT2D eigenvalue weighted by Crippen LogP contribution is -2.64. The number of rotatable bonds is 10. The largest absolute Gasteiger partial charge is 0.465 e. The summed E-state index contributed by atoms with van der Waals surface area (Å²) in [5.74, 6) is -0.109. The molecule has 8 atom stereocenters. The third-order valence-electron chi connectivity index (χ3n) is 8.22. The van der Waals surface area contributed by atoms with Crippen molar-refractivity contribution in [1.29, 1.82) is 0 Å². The first-order chi connectivity index (χ1) is 19.1. The molecule has 3 fully saturated rings. The third-order valence-corrected chi connectivity index (χ3v) is 10.5. The highest BCUT2D eigenvalue weighted by Gasteiger charge is 2.56. The number of halogens is 1. The van der Waals surface area contributed by atoms with E-state index >= 15 is 0 Å². The Bertz CT molecular complexity index is 1200. The summed E-state index contributed by atoms with van der Waals surface area (Å²) in [5, 5.41) is 13.1. The van der Waals surface area contributed by atoms with Crippen LogP contribution in [0.1, 0.15) is 49.8 Å². The molecule has 1 unspecified atom stereocenters. The van der Waals surface area contributed by atoms with Crippen LogP contribution in [0.15, 0.2) is 42.5 Å². The second kappa shape index (κ2) is 11.7. The normalized spacial score (nSPS) is 33.5. The van der Waals surface area contributed by atoms with Crippen molar-refractivity contribution in [3.63, 3.8) is 0 Å². The van der Waals surface area contributed by atoms with Crippen molar-refractivity contribution in [2.45, 2.75) is 115 Å². The van der Waals surface area contributed by atoms with Crippen molar-refractivity contribution in [2.75, 3.05) is 0 Å². The predicted molar refractivity (Wildman–Crippen MR) is 167 cm³/mol. The van der Waals surface area contributed by atoms with Crippen LogP contribution in [0, 0.1) is 11.8 Å². The minimum Gasteiger partial charge on any atom is -0.465 e. The van der Waals surface area contributed by atoms with Crippen LogP contribution in [0.4, 0.5) is 0 Å². The number of benzene rings is 2. The van der Waals surface area contributed by atoms with Crippen LogP contribution >= 0.6 is 11.6 Å². The highest BCUT2D eigenvalue weighted by Crippen LogP contribution is 2.46. The second-order valence-corrected chi connectivity index (χ2v) is 23.4. The van der Waals surface area contributed by atoms with Gasteiger partial charge in [-0.1, -0.05) is 43.6 Å².